The zero-order valence-corrected chi connectivity index (χ0v) is 28.0. The zero-order chi connectivity index (χ0) is 32.5. The number of benzene rings is 9. The highest BCUT2D eigenvalue weighted by atomic mass is 14.3. The van der Waals surface area contributed by atoms with Crippen LogP contribution in [0.15, 0.2) is 146 Å². The van der Waals surface area contributed by atoms with Crippen LogP contribution in [0.2, 0.25) is 0 Å². The monoisotopic (exact) mass is 614 g/mol. The maximum atomic E-state index is 2.47. The first-order valence-electron chi connectivity index (χ1n) is 17.3. The maximum absolute atomic E-state index is 2.47. The largest absolute Gasteiger partial charge is 0.0616 e. The van der Waals surface area contributed by atoms with Crippen molar-refractivity contribution in [1.82, 2.24) is 0 Å². The van der Waals surface area contributed by atoms with Crippen LogP contribution in [-0.2, 0) is 0 Å². The van der Waals surface area contributed by atoms with Gasteiger partial charge >= 0.3 is 0 Å². The molecule has 230 valence electrons. The Kier molecular flexibility index (Phi) is 6.63. The molecule has 0 heterocycles. The normalized spacial score (nSPS) is 12.1. The van der Waals surface area contributed by atoms with Crippen molar-refractivity contribution < 1.29 is 0 Å². The summed E-state index contributed by atoms with van der Waals surface area (Å²) in [6, 6.07) is 54.5. The smallest absolute Gasteiger partial charge is 0.00549 e. The number of fused-ring (bicyclic) bond motifs is 9. The molecular formula is C48H38. The van der Waals surface area contributed by atoms with E-state index in [0.29, 0.717) is 11.8 Å². The van der Waals surface area contributed by atoms with Gasteiger partial charge in [-0.1, -0.05) is 161 Å². The number of rotatable bonds is 4. The fourth-order valence-electron chi connectivity index (χ4n) is 8.51. The van der Waals surface area contributed by atoms with Crippen molar-refractivity contribution in [2.24, 2.45) is 0 Å². The summed E-state index contributed by atoms with van der Waals surface area (Å²) >= 11 is 0. The number of hydrogen-bond acceptors (Lipinski definition) is 0. The lowest BCUT2D eigenvalue weighted by atomic mass is 9.79. The van der Waals surface area contributed by atoms with Gasteiger partial charge in [-0.15, -0.1) is 0 Å². The van der Waals surface area contributed by atoms with Gasteiger partial charge in [-0.25, -0.2) is 0 Å². The SMILES string of the molecule is CC(C)c1c2ccccc2c(C(C)C)c2c3ccc(-c4cccc5ccccc45)cc3c3cc(-c4cccc5ccccc45)ccc3c12. The molecule has 0 N–H and O–H groups in total. The van der Waals surface area contributed by atoms with Crippen molar-refractivity contribution in [3.8, 4) is 22.3 Å². The maximum Gasteiger partial charge on any atom is -0.00549 e. The molecule has 0 aliphatic carbocycles. The van der Waals surface area contributed by atoms with Gasteiger partial charge in [-0.3, -0.25) is 0 Å². The molecule has 0 atom stereocenters. The second-order valence-corrected chi connectivity index (χ2v) is 14.0. The summed E-state index contributed by atoms with van der Waals surface area (Å²) in [5, 5.41) is 16.0. The van der Waals surface area contributed by atoms with Crippen molar-refractivity contribution in [3.05, 3.63) is 157 Å². The molecule has 0 fully saturated rings. The van der Waals surface area contributed by atoms with Crippen LogP contribution < -0.4 is 0 Å². The topological polar surface area (TPSA) is 0 Å². The fourth-order valence-corrected chi connectivity index (χ4v) is 8.51. The Morgan fingerprint density at radius 2 is 0.688 bits per heavy atom. The lowest BCUT2D eigenvalue weighted by Gasteiger charge is -2.24. The summed E-state index contributed by atoms with van der Waals surface area (Å²) in [4.78, 5) is 0. The molecule has 0 nitrogen and oxygen atoms in total. The Morgan fingerprint density at radius 3 is 1.10 bits per heavy atom. The van der Waals surface area contributed by atoms with Crippen LogP contribution in [-0.4, -0.2) is 0 Å². The first-order valence-corrected chi connectivity index (χ1v) is 17.3. The quantitative estimate of drug-likeness (QED) is 0.137. The molecule has 0 heteroatoms. The summed E-state index contributed by atoms with van der Waals surface area (Å²) in [5.74, 6) is 0.735. The van der Waals surface area contributed by atoms with Crippen LogP contribution in [0.1, 0.15) is 50.7 Å². The van der Waals surface area contributed by atoms with Gasteiger partial charge in [0, 0.05) is 0 Å². The summed E-state index contributed by atoms with van der Waals surface area (Å²) in [5.41, 5.74) is 7.97. The first kappa shape index (κ1) is 28.7. The summed E-state index contributed by atoms with van der Waals surface area (Å²) < 4.78 is 0. The summed E-state index contributed by atoms with van der Waals surface area (Å²) in [6.45, 7) is 9.45. The van der Waals surface area contributed by atoms with E-state index >= 15 is 0 Å². The van der Waals surface area contributed by atoms with Crippen LogP contribution in [0, 0.1) is 0 Å². The van der Waals surface area contributed by atoms with Gasteiger partial charge in [0.15, 0.2) is 0 Å². The van der Waals surface area contributed by atoms with E-state index in [0.717, 1.165) is 0 Å². The lowest BCUT2D eigenvalue weighted by molar-refractivity contribution is 0.874. The minimum atomic E-state index is 0.368. The third-order valence-electron chi connectivity index (χ3n) is 10.5. The molecule has 0 bridgehead atoms. The molecule has 0 spiro atoms. The van der Waals surface area contributed by atoms with E-state index in [4.69, 9.17) is 0 Å². The van der Waals surface area contributed by atoms with Crippen LogP contribution in [0.5, 0.6) is 0 Å². The summed E-state index contributed by atoms with van der Waals surface area (Å²) in [6.07, 6.45) is 0. The third-order valence-corrected chi connectivity index (χ3v) is 10.5. The van der Waals surface area contributed by atoms with Crippen LogP contribution >= 0.6 is 0 Å². The molecule has 48 heavy (non-hydrogen) atoms. The van der Waals surface area contributed by atoms with E-state index in [2.05, 4.69) is 173 Å². The van der Waals surface area contributed by atoms with E-state index in [9.17, 15) is 0 Å². The third kappa shape index (κ3) is 4.29. The molecule has 9 aromatic rings. The van der Waals surface area contributed by atoms with E-state index in [1.54, 1.807) is 0 Å². The Hall–Kier alpha value is -5.46. The van der Waals surface area contributed by atoms with Crippen molar-refractivity contribution in [2.75, 3.05) is 0 Å². The van der Waals surface area contributed by atoms with Gasteiger partial charge in [-0.05, 0) is 122 Å². The standard InChI is InChI=1S/C48H38/c1-29(2)45-39-19-9-10-20-40(39)46(30(3)4)48-42-26-24-34(38-22-12-16-32-14-6-8-18-36(32)38)28-44(42)43-27-33(23-25-41(43)47(45)48)37-21-11-15-31-13-5-7-17-35(31)37/h5-30H,1-4H3. The molecule has 9 rings (SSSR count). The second-order valence-electron chi connectivity index (χ2n) is 14.0. The van der Waals surface area contributed by atoms with E-state index in [1.807, 2.05) is 0 Å². The van der Waals surface area contributed by atoms with Gasteiger partial charge in [0.2, 0.25) is 0 Å². The van der Waals surface area contributed by atoms with E-state index < -0.39 is 0 Å². The van der Waals surface area contributed by atoms with Crippen molar-refractivity contribution >= 4 is 64.6 Å². The Balaban J connectivity index is 1.49. The van der Waals surface area contributed by atoms with Crippen molar-refractivity contribution in [1.29, 1.82) is 0 Å². The molecule has 9 aromatic carbocycles. The Labute approximate surface area is 282 Å². The van der Waals surface area contributed by atoms with Gasteiger partial charge in [0.05, 0.1) is 0 Å². The van der Waals surface area contributed by atoms with Crippen LogP contribution in [0.4, 0.5) is 0 Å². The highest BCUT2D eigenvalue weighted by molar-refractivity contribution is 6.31. The zero-order valence-electron chi connectivity index (χ0n) is 28.0. The predicted octanol–water partition coefficient (Wildman–Crippen LogP) is 14.2. The van der Waals surface area contributed by atoms with Crippen LogP contribution in [0.25, 0.3) is 86.9 Å². The summed E-state index contributed by atoms with van der Waals surface area (Å²) in [7, 11) is 0. The van der Waals surface area contributed by atoms with Crippen LogP contribution in [0.3, 0.4) is 0 Å². The van der Waals surface area contributed by atoms with E-state index in [-0.39, 0.29) is 0 Å². The molecular weight excluding hydrogens is 577 g/mol. The molecule has 0 aromatic heterocycles. The Morgan fingerprint density at radius 1 is 0.312 bits per heavy atom. The highest BCUT2D eigenvalue weighted by Gasteiger charge is 2.23. The molecule has 0 aliphatic heterocycles. The predicted molar refractivity (Wildman–Crippen MR) is 211 cm³/mol. The molecule has 0 saturated heterocycles. The average molecular weight is 615 g/mol. The number of hydrogen-bond donors (Lipinski definition) is 0. The lowest BCUT2D eigenvalue weighted by Crippen LogP contribution is -2.01. The molecule has 0 radical (unpaired) electrons. The van der Waals surface area contributed by atoms with Crippen molar-refractivity contribution in [2.45, 2.75) is 39.5 Å². The minimum absolute atomic E-state index is 0.368. The molecule has 0 amide bonds. The van der Waals surface area contributed by atoms with E-state index in [1.165, 1.54) is 98.0 Å². The molecule has 0 aliphatic rings. The van der Waals surface area contributed by atoms with Gasteiger partial charge in [-0.2, -0.15) is 0 Å². The second kappa shape index (κ2) is 11.1. The van der Waals surface area contributed by atoms with Gasteiger partial charge < -0.3 is 0 Å². The van der Waals surface area contributed by atoms with Crippen molar-refractivity contribution in [3.63, 3.8) is 0 Å². The minimum Gasteiger partial charge on any atom is -0.0616 e. The Bertz CT molecular complexity index is 2520. The average Bonchev–Trinajstić information content (AvgIpc) is 3.12. The van der Waals surface area contributed by atoms with Gasteiger partial charge in [0.1, 0.15) is 0 Å². The fraction of sp³-hybridized carbons (Fsp3) is 0.125. The highest BCUT2D eigenvalue weighted by Crippen LogP contribution is 2.48. The molecule has 0 saturated carbocycles. The van der Waals surface area contributed by atoms with Gasteiger partial charge in [0.25, 0.3) is 0 Å². The molecule has 0 unspecified atom stereocenters. The first-order chi connectivity index (χ1) is 23.5.